The predicted molar refractivity (Wildman–Crippen MR) is 73.0 cm³/mol. The van der Waals surface area contributed by atoms with Gasteiger partial charge in [-0.15, -0.1) is 0 Å². The molecule has 0 spiro atoms. The Hall–Kier alpha value is -2.08. The standard InChI is InChI=1S/C12H14ClN5O/c1-8-5-17-18(7-8)3-2-15-12(19)10-4-9(14)6-16-11(10)13/h4-7H,2-3,14H2,1H3,(H,15,19). The largest absolute Gasteiger partial charge is 0.397 e. The number of nitrogens with zero attached hydrogens (tertiary/aromatic N) is 3. The van der Waals surface area contributed by atoms with Crippen LogP contribution >= 0.6 is 11.6 Å². The van der Waals surface area contributed by atoms with Crippen LogP contribution in [0.25, 0.3) is 0 Å². The molecule has 1 amide bonds. The molecule has 0 aliphatic carbocycles. The van der Waals surface area contributed by atoms with Gasteiger partial charge < -0.3 is 11.1 Å². The Labute approximate surface area is 115 Å². The number of carbonyl (C=O) groups excluding carboxylic acids is 1. The van der Waals surface area contributed by atoms with E-state index in [1.54, 1.807) is 10.9 Å². The molecular formula is C12H14ClN5O. The van der Waals surface area contributed by atoms with Crippen molar-refractivity contribution in [1.29, 1.82) is 0 Å². The van der Waals surface area contributed by atoms with Gasteiger partial charge in [0, 0.05) is 12.7 Å². The fourth-order valence-electron chi connectivity index (χ4n) is 1.59. The molecule has 2 heterocycles. The zero-order chi connectivity index (χ0) is 13.8. The Kier molecular flexibility index (Phi) is 4.01. The van der Waals surface area contributed by atoms with Crippen LogP contribution < -0.4 is 11.1 Å². The van der Waals surface area contributed by atoms with Gasteiger partial charge in [0.05, 0.1) is 30.2 Å². The van der Waals surface area contributed by atoms with E-state index < -0.39 is 0 Å². The van der Waals surface area contributed by atoms with Gasteiger partial charge in [0.15, 0.2) is 0 Å². The lowest BCUT2D eigenvalue weighted by molar-refractivity contribution is 0.0952. The van der Waals surface area contributed by atoms with E-state index in [2.05, 4.69) is 15.4 Å². The lowest BCUT2D eigenvalue weighted by atomic mass is 10.2. The number of pyridine rings is 1. The highest BCUT2D eigenvalue weighted by Crippen LogP contribution is 2.15. The number of hydrogen-bond acceptors (Lipinski definition) is 4. The lowest BCUT2D eigenvalue weighted by Gasteiger charge is -2.07. The van der Waals surface area contributed by atoms with Crippen LogP contribution in [0.5, 0.6) is 0 Å². The number of amides is 1. The molecule has 3 N–H and O–H groups in total. The molecule has 0 saturated carbocycles. The Morgan fingerprint density at radius 3 is 3.00 bits per heavy atom. The van der Waals surface area contributed by atoms with Gasteiger partial charge in [0.1, 0.15) is 5.15 Å². The molecule has 0 saturated heterocycles. The van der Waals surface area contributed by atoms with Crippen molar-refractivity contribution in [3.05, 3.63) is 40.9 Å². The fraction of sp³-hybridized carbons (Fsp3) is 0.250. The number of rotatable bonds is 4. The number of nitrogens with one attached hydrogen (secondary N) is 1. The second kappa shape index (κ2) is 5.71. The van der Waals surface area contributed by atoms with Crippen molar-refractivity contribution in [3.63, 3.8) is 0 Å². The third-order valence-electron chi connectivity index (χ3n) is 2.49. The number of hydrogen-bond donors (Lipinski definition) is 2. The van der Waals surface area contributed by atoms with Crippen molar-refractivity contribution in [2.45, 2.75) is 13.5 Å². The first kappa shape index (κ1) is 13.4. The van der Waals surface area contributed by atoms with Gasteiger partial charge in [0.25, 0.3) is 5.91 Å². The Morgan fingerprint density at radius 2 is 2.32 bits per heavy atom. The number of nitrogens with two attached hydrogens (primary N) is 1. The van der Waals surface area contributed by atoms with E-state index in [9.17, 15) is 4.79 Å². The Morgan fingerprint density at radius 1 is 1.53 bits per heavy atom. The summed E-state index contributed by atoms with van der Waals surface area (Å²) in [6, 6.07) is 1.50. The first-order valence-electron chi connectivity index (χ1n) is 5.74. The number of aryl methyl sites for hydroxylation is 1. The molecule has 0 atom stereocenters. The molecular weight excluding hydrogens is 266 g/mol. The smallest absolute Gasteiger partial charge is 0.254 e. The molecule has 0 bridgehead atoms. The van der Waals surface area contributed by atoms with Crippen molar-refractivity contribution in [2.24, 2.45) is 0 Å². The second-order valence-electron chi connectivity index (χ2n) is 4.14. The average molecular weight is 280 g/mol. The van der Waals surface area contributed by atoms with Crippen LogP contribution in [0.2, 0.25) is 5.15 Å². The molecule has 100 valence electrons. The van der Waals surface area contributed by atoms with Crippen LogP contribution in [0.15, 0.2) is 24.7 Å². The average Bonchev–Trinajstić information content (AvgIpc) is 2.78. The van der Waals surface area contributed by atoms with Crippen molar-refractivity contribution in [1.82, 2.24) is 20.1 Å². The summed E-state index contributed by atoms with van der Waals surface area (Å²) in [5.41, 5.74) is 7.33. The zero-order valence-electron chi connectivity index (χ0n) is 10.4. The predicted octanol–water partition coefficient (Wildman–Crippen LogP) is 1.25. The van der Waals surface area contributed by atoms with Crippen LogP contribution in [-0.2, 0) is 6.54 Å². The minimum atomic E-state index is -0.298. The van der Waals surface area contributed by atoms with Gasteiger partial charge in [-0.3, -0.25) is 9.48 Å². The first-order valence-corrected chi connectivity index (χ1v) is 6.12. The highest BCUT2D eigenvalue weighted by Gasteiger charge is 2.11. The van der Waals surface area contributed by atoms with Crippen LogP contribution in [0.3, 0.4) is 0 Å². The molecule has 0 fully saturated rings. The molecule has 0 aromatic carbocycles. The minimum absolute atomic E-state index is 0.140. The van der Waals surface area contributed by atoms with E-state index in [1.165, 1.54) is 12.3 Å². The highest BCUT2D eigenvalue weighted by atomic mass is 35.5. The highest BCUT2D eigenvalue weighted by molar-refractivity contribution is 6.32. The molecule has 7 heteroatoms. The van der Waals surface area contributed by atoms with Crippen LogP contribution in [0.4, 0.5) is 5.69 Å². The maximum Gasteiger partial charge on any atom is 0.254 e. The van der Waals surface area contributed by atoms with E-state index in [0.29, 0.717) is 18.8 Å². The van der Waals surface area contributed by atoms with Crippen molar-refractivity contribution in [3.8, 4) is 0 Å². The van der Waals surface area contributed by atoms with E-state index in [1.807, 2.05) is 13.1 Å². The number of nitrogen functional groups attached to an aromatic ring is 1. The summed E-state index contributed by atoms with van der Waals surface area (Å²) in [5, 5.41) is 7.01. The molecule has 0 radical (unpaired) electrons. The SMILES string of the molecule is Cc1cnn(CCNC(=O)c2cc(N)cnc2Cl)c1. The quantitative estimate of drug-likeness (QED) is 0.825. The molecule has 2 rings (SSSR count). The Balaban J connectivity index is 1.92. The fourth-order valence-corrected chi connectivity index (χ4v) is 1.78. The summed E-state index contributed by atoms with van der Waals surface area (Å²) in [7, 11) is 0. The molecule has 0 aliphatic heterocycles. The van der Waals surface area contributed by atoms with Crippen LogP contribution in [0.1, 0.15) is 15.9 Å². The number of carbonyl (C=O) groups is 1. The second-order valence-corrected chi connectivity index (χ2v) is 4.50. The normalized spacial score (nSPS) is 10.4. The number of halogens is 1. The van der Waals surface area contributed by atoms with Gasteiger partial charge in [-0.2, -0.15) is 5.10 Å². The maximum atomic E-state index is 11.9. The summed E-state index contributed by atoms with van der Waals surface area (Å²) in [5.74, 6) is -0.298. The molecule has 2 aromatic rings. The third kappa shape index (κ3) is 3.45. The Bertz CT molecular complexity index is 596. The summed E-state index contributed by atoms with van der Waals surface area (Å²) >= 11 is 5.85. The first-order chi connectivity index (χ1) is 9.06. The molecule has 6 nitrogen and oxygen atoms in total. The van der Waals surface area contributed by atoms with Gasteiger partial charge in [0.2, 0.25) is 0 Å². The van der Waals surface area contributed by atoms with Gasteiger partial charge in [-0.1, -0.05) is 11.6 Å². The van der Waals surface area contributed by atoms with E-state index in [0.717, 1.165) is 5.56 Å². The van der Waals surface area contributed by atoms with Gasteiger partial charge >= 0.3 is 0 Å². The lowest BCUT2D eigenvalue weighted by Crippen LogP contribution is -2.27. The zero-order valence-corrected chi connectivity index (χ0v) is 11.2. The van der Waals surface area contributed by atoms with Crippen molar-refractivity contribution in [2.75, 3.05) is 12.3 Å². The molecule has 2 aromatic heterocycles. The van der Waals surface area contributed by atoms with Crippen LogP contribution in [0, 0.1) is 6.92 Å². The maximum absolute atomic E-state index is 11.9. The van der Waals surface area contributed by atoms with Crippen molar-refractivity contribution >= 4 is 23.2 Å². The van der Waals surface area contributed by atoms with E-state index in [-0.39, 0.29) is 16.6 Å². The molecule has 0 unspecified atom stereocenters. The number of aromatic nitrogens is 3. The molecule has 0 aliphatic rings. The minimum Gasteiger partial charge on any atom is -0.397 e. The monoisotopic (exact) mass is 279 g/mol. The van der Waals surface area contributed by atoms with E-state index >= 15 is 0 Å². The van der Waals surface area contributed by atoms with E-state index in [4.69, 9.17) is 17.3 Å². The summed E-state index contributed by atoms with van der Waals surface area (Å²) < 4.78 is 1.76. The summed E-state index contributed by atoms with van der Waals surface area (Å²) in [4.78, 5) is 15.7. The topological polar surface area (TPSA) is 85.8 Å². The third-order valence-corrected chi connectivity index (χ3v) is 2.79. The van der Waals surface area contributed by atoms with Crippen LogP contribution in [-0.4, -0.2) is 27.2 Å². The number of anilines is 1. The summed E-state index contributed by atoms with van der Waals surface area (Å²) in [6.45, 7) is 3.00. The van der Waals surface area contributed by atoms with Gasteiger partial charge in [-0.05, 0) is 18.6 Å². The molecule has 19 heavy (non-hydrogen) atoms. The van der Waals surface area contributed by atoms with Gasteiger partial charge in [-0.25, -0.2) is 4.98 Å². The van der Waals surface area contributed by atoms with Crippen molar-refractivity contribution < 1.29 is 4.79 Å². The summed E-state index contributed by atoms with van der Waals surface area (Å²) in [6.07, 6.45) is 5.08.